The molecule has 0 spiro atoms. The number of carboxylic acid groups (broad SMARTS) is 1. The third-order valence-corrected chi connectivity index (χ3v) is 1.60. The van der Waals surface area contributed by atoms with Crippen LogP contribution in [0.25, 0.3) is 0 Å². The molecule has 8 nitrogen and oxygen atoms in total. The van der Waals surface area contributed by atoms with E-state index in [-0.39, 0.29) is 0 Å². The second kappa shape index (κ2) is 5.41. The summed E-state index contributed by atoms with van der Waals surface area (Å²) < 4.78 is 25.1. The Kier molecular flexibility index (Phi) is 4.88. The number of carbonyl (C=O) groups is 2. The van der Waals surface area contributed by atoms with Gasteiger partial charge in [0.25, 0.3) is 10.1 Å². The molecule has 0 unspecified atom stereocenters. The molecule has 0 aliphatic carbocycles. The Labute approximate surface area is 85.6 Å². The van der Waals surface area contributed by atoms with Crippen molar-refractivity contribution in [1.29, 1.82) is 0 Å². The standard InChI is InChI=1S/C6H9NO7S/c1-13-7-5(6(9)10)4(8)3-14-15(2,11)12/h3H2,1-2H3,(H,9,10)/b7-5-. The van der Waals surface area contributed by atoms with Crippen molar-refractivity contribution in [3.63, 3.8) is 0 Å². The predicted molar refractivity (Wildman–Crippen MR) is 47.9 cm³/mol. The number of aliphatic carboxylic acids is 1. The number of Topliss-reactive ketones (excluding diaryl/α,β-unsaturated/α-hetero) is 1. The molecule has 0 aromatic heterocycles. The lowest BCUT2D eigenvalue weighted by Crippen LogP contribution is -2.28. The molecular formula is C6H9NO7S. The van der Waals surface area contributed by atoms with Gasteiger partial charge in [-0.05, 0) is 0 Å². The molecule has 0 atom stereocenters. The molecule has 0 aromatic rings. The van der Waals surface area contributed by atoms with Crippen LogP contribution in [0.15, 0.2) is 5.16 Å². The average Bonchev–Trinajstić information content (AvgIpc) is 2.08. The van der Waals surface area contributed by atoms with Crippen LogP contribution in [0.3, 0.4) is 0 Å². The summed E-state index contributed by atoms with van der Waals surface area (Å²) in [6.07, 6.45) is 0.730. The molecule has 0 saturated carbocycles. The maximum atomic E-state index is 11.0. The number of nitrogens with zero attached hydrogens (tertiary/aromatic N) is 1. The minimum absolute atomic E-state index is 0.730. The van der Waals surface area contributed by atoms with Crippen LogP contribution in [0, 0.1) is 0 Å². The van der Waals surface area contributed by atoms with Gasteiger partial charge in [0, 0.05) is 0 Å². The Hall–Kier alpha value is -1.48. The van der Waals surface area contributed by atoms with Crippen LogP contribution in [-0.2, 0) is 28.7 Å². The molecule has 0 fully saturated rings. The Morgan fingerprint density at radius 1 is 1.40 bits per heavy atom. The van der Waals surface area contributed by atoms with Crippen LogP contribution in [0.5, 0.6) is 0 Å². The maximum absolute atomic E-state index is 11.0. The Morgan fingerprint density at radius 2 is 1.93 bits per heavy atom. The zero-order valence-corrected chi connectivity index (χ0v) is 8.78. The fraction of sp³-hybridized carbons (Fsp3) is 0.500. The van der Waals surface area contributed by atoms with Crippen LogP contribution in [0.2, 0.25) is 0 Å². The van der Waals surface area contributed by atoms with Crippen LogP contribution >= 0.6 is 0 Å². The molecule has 15 heavy (non-hydrogen) atoms. The van der Waals surface area contributed by atoms with E-state index < -0.39 is 34.2 Å². The van der Waals surface area contributed by atoms with Crippen molar-refractivity contribution < 1.29 is 32.1 Å². The Balaban J connectivity index is 4.56. The van der Waals surface area contributed by atoms with Gasteiger partial charge >= 0.3 is 5.97 Å². The number of oxime groups is 1. The van der Waals surface area contributed by atoms with Crippen molar-refractivity contribution in [2.75, 3.05) is 20.0 Å². The topological polar surface area (TPSA) is 119 Å². The number of carbonyl (C=O) groups excluding carboxylic acids is 1. The summed E-state index contributed by atoms with van der Waals surface area (Å²) in [5, 5.41) is 11.4. The van der Waals surface area contributed by atoms with Gasteiger partial charge in [0.2, 0.25) is 11.5 Å². The molecule has 1 N–H and O–H groups in total. The fourth-order valence-corrected chi connectivity index (χ4v) is 0.851. The first kappa shape index (κ1) is 13.5. The molecule has 9 heteroatoms. The molecule has 0 aliphatic heterocycles. The van der Waals surface area contributed by atoms with Gasteiger partial charge in [0.1, 0.15) is 13.7 Å². The smallest absolute Gasteiger partial charge is 0.361 e. The van der Waals surface area contributed by atoms with Crippen LogP contribution in [0.1, 0.15) is 0 Å². The third kappa shape index (κ3) is 5.75. The lowest BCUT2D eigenvalue weighted by Gasteiger charge is -2.00. The number of rotatable bonds is 6. The summed E-state index contributed by atoms with van der Waals surface area (Å²) in [4.78, 5) is 25.6. The van der Waals surface area contributed by atoms with E-state index in [1.165, 1.54) is 0 Å². The Bertz CT molecular complexity index is 382. The third-order valence-electron chi connectivity index (χ3n) is 1.05. The van der Waals surface area contributed by atoms with E-state index >= 15 is 0 Å². The minimum atomic E-state index is -3.80. The lowest BCUT2D eigenvalue weighted by atomic mass is 10.2. The van der Waals surface area contributed by atoms with Crippen LogP contribution in [0.4, 0.5) is 0 Å². The zero-order valence-electron chi connectivity index (χ0n) is 7.96. The molecule has 86 valence electrons. The largest absolute Gasteiger partial charge is 0.476 e. The van der Waals surface area contributed by atoms with E-state index in [1.54, 1.807) is 0 Å². The van der Waals surface area contributed by atoms with Crippen molar-refractivity contribution in [1.82, 2.24) is 0 Å². The van der Waals surface area contributed by atoms with Gasteiger partial charge in [-0.15, -0.1) is 0 Å². The second-order valence-corrected chi connectivity index (χ2v) is 3.96. The van der Waals surface area contributed by atoms with Crippen molar-refractivity contribution >= 4 is 27.6 Å². The molecule has 0 bridgehead atoms. The number of ketones is 1. The van der Waals surface area contributed by atoms with Gasteiger partial charge in [-0.1, -0.05) is 5.16 Å². The van der Waals surface area contributed by atoms with Crippen molar-refractivity contribution in [3.05, 3.63) is 0 Å². The highest BCUT2D eigenvalue weighted by atomic mass is 32.2. The lowest BCUT2D eigenvalue weighted by molar-refractivity contribution is -0.130. The van der Waals surface area contributed by atoms with Crippen molar-refractivity contribution in [3.8, 4) is 0 Å². The summed E-state index contributed by atoms with van der Waals surface area (Å²) in [6.45, 7) is -0.923. The van der Waals surface area contributed by atoms with Crippen molar-refractivity contribution in [2.45, 2.75) is 0 Å². The maximum Gasteiger partial charge on any atom is 0.361 e. The van der Waals surface area contributed by atoms with Gasteiger partial charge < -0.3 is 9.94 Å². The summed E-state index contributed by atoms with van der Waals surface area (Å²) >= 11 is 0. The molecule has 0 saturated heterocycles. The molecule has 0 amide bonds. The fourth-order valence-electron chi connectivity index (χ4n) is 0.529. The van der Waals surface area contributed by atoms with Crippen molar-refractivity contribution in [2.24, 2.45) is 5.16 Å². The molecule has 0 aromatic carbocycles. The van der Waals surface area contributed by atoms with Gasteiger partial charge in [-0.3, -0.25) is 8.98 Å². The summed E-state index contributed by atoms with van der Waals surface area (Å²) in [5.41, 5.74) is -0.929. The van der Waals surface area contributed by atoms with E-state index in [9.17, 15) is 18.0 Å². The highest BCUT2D eigenvalue weighted by Gasteiger charge is 2.22. The summed E-state index contributed by atoms with van der Waals surface area (Å²) in [7, 11) is -2.75. The zero-order chi connectivity index (χ0) is 12.1. The first-order valence-electron chi connectivity index (χ1n) is 3.50. The predicted octanol–water partition coefficient (Wildman–Crippen LogP) is -1.38. The molecule has 0 radical (unpaired) electrons. The first-order chi connectivity index (χ1) is 6.78. The number of hydrogen-bond acceptors (Lipinski definition) is 7. The van der Waals surface area contributed by atoms with E-state index in [4.69, 9.17) is 5.11 Å². The highest BCUT2D eigenvalue weighted by molar-refractivity contribution is 7.86. The average molecular weight is 239 g/mol. The van der Waals surface area contributed by atoms with Gasteiger partial charge in [0.15, 0.2) is 0 Å². The van der Waals surface area contributed by atoms with Crippen LogP contribution in [-0.4, -0.2) is 51.0 Å². The van der Waals surface area contributed by atoms with E-state index in [1.807, 2.05) is 0 Å². The van der Waals surface area contributed by atoms with Crippen LogP contribution < -0.4 is 0 Å². The number of hydrogen-bond donors (Lipinski definition) is 1. The highest BCUT2D eigenvalue weighted by Crippen LogP contribution is 1.91. The van der Waals surface area contributed by atoms with E-state index in [0.717, 1.165) is 13.4 Å². The van der Waals surface area contributed by atoms with Gasteiger partial charge in [0.05, 0.1) is 6.26 Å². The molecule has 0 rings (SSSR count). The monoisotopic (exact) mass is 239 g/mol. The normalized spacial score (nSPS) is 12.3. The molecule has 0 heterocycles. The summed E-state index contributed by atoms with van der Waals surface area (Å²) in [5.74, 6) is -2.73. The molecular weight excluding hydrogens is 230 g/mol. The minimum Gasteiger partial charge on any atom is -0.476 e. The number of carboxylic acids is 1. The second-order valence-electron chi connectivity index (χ2n) is 2.32. The Morgan fingerprint density at radius 3 is 2.27 bits per heavy atom. The molecule has 0 aliphatic rings. The van der Waals surface area contributed by atoms with E-state index in [2.05, 4.69) is 14.2 Å². The SMILES string of the molecule is CO/N=C(\C(=O)O)C(=O)COS(C)(=O)=O. The first-order valence-corrected chi connectivity index (χ1v) is 5.31. The van der Waals surface area contributed by atoms with E-state index in [0.29, 0.717) is 0 Å². The van der Waals surface area contributed by atoms with Gasteiger partial charge in [-0.25, -0.2) is 4.79 Å². The van der Waals surface area contributed by atoms with Gasteiger partial charge in [-0.2, -0.15) is 8.42 Å². The quantitative estimate of drug-likeness (QED) is 0.262. The summed E-state index contributed by atoms with van der Waals surface area (Å²) in [6, 6.07) is 0.